The lowest BCUT2D eigenvalue weighted by Gasteiger charge is -2.25. The number of carbonyl (C=O) groups excluding carboxylic acids is 1. The Morgan fingerprint density at radius 3 is 2.50 bits per heavy atom. The Labute approximate surface area is 178 Å². The van der Waals surface area contributed by atoms with Crippen molar-refractivity contribution in [2.75, 3.05) is 19.5 Å². The highest BCUT2D eigenvalue weighted by Gasteiger charge is 2.35. The van der Waals surface area contributed by atoms with Gasteiger partial charge in [-0.05, 0) is 18.6 Å². The number of thiophene rings is 1. The number of methoxy groups -OCH3 is 2. The van der Waals surface area contributed by atoms with E-state index in [1.807, 2.05) is 43.3 Å². The van der Waals surface area contributed by atoms with Crippen LogP contribution in [0.15, 0.2) is 42.5 Å². The zero-order valence-electron chi connectivity index (χ0n) is 16.8. The number of anilines is 1. The topological polar surface area (TPSA) is 84.9 Å². The Balaban J connectivity index is 1.93. The zero-order valence-corrected chi connectivity index (χ0v) is 17.6. The van der Waals surface area contributed by atoms with Crippen molar-refractivity contribution in [2.45, 2.75) is 19.3 Å². The van der Waals surface area contributed by atoms with Crippen LogP contribution >= 0.6 is 11.3 Å². The first-order valence-electron chi connectivity index (χ1n) is 9.41. The second kappa shape index (κ2) is 7.84. The van der Waals surface area contributed by atoms with E-state index in [-0.39, 0.29) is 23.1 Å². The summed E-state index contributed by atoms with van der Waals surface area (Å²) in [6.07, 6.45) is 0.211. The molecule has 4 rings (SSSR count). The highest BCUT2D eigenvalue weighted by molar-refractivity contribution is 7.15. The fraction of sp³-hybridized carbons (Fsp3) is 0.217. The SMILES string of the molecule is COc1ccc([C@H]2CC(=O)Nc3c2sc(C(=O)O)c3-c2ccc(C)cc2)c(OC)c1. The van der Waals surface area contributed by atoms with Gasteiger partial charge in [-0.15, -0.1) is 11.3 Å². The van der Waals surface area contributed by atoms with Crippen LogP contribution < -0.4 is 14.8 Å². The molecule has 1 aromatic heterocycles. The molecular weight excluding hydrogens is 402 g/mol. The molecule has 1 aliphatic heterocycles. The second-order valence-electron chi connectivity index (χ2n) is 7.13. The fourth-order valence-electron chi connectivity index (χ4n) is 3.79. The molecule has 0 unspecified atom stereocenters. The number of carbonyl (C=O) groups is 2. The summed E-state index contributed by atoms with van der Waals surface area (Å²) >= 11 is 1.20. The lowest BCUT2D eigenvalue weighted by molar-refractivity contribution is -0.116. The molecule has 30 heavy (non-hydrogen) atoms. The van der Waals surface area contributed by atoms with Crippen molar-refractivity contribution in [1.82, 2.24) is 0 Å². The first-order valence-corrected chi connectivity index (χ1v) is 10.2. The number of carboxylic acid groups (broad SMARTS) is 1. The molecule has 0 saturated heterocycles. The molecular formula is C23H21NO5S. The number of benzene rings is 2. The number of nitrogens with one attached hydrogen (secondary N) is 1. The molecule has 7 heteroatoms. The number of rotatable bonds is 5. The van der Waals surface area contributed by atoms with Crippen LogP contribution in [0.3, 0.4) is 0 Å². The predicted octanol–water partition coefficient (Wildman–Crippen LogP) is 4.91. The van der Waals surface area contributed by atoms with E-state index in [1.165, 1.54) is 11.3 Å². The van der Waals surface area contributed by atoms with Crippen molar-refractivity contribution in [3.8, 4) is 22.6 Å². The smallest absolute Gasteiger partial charge is 0.346 e. The molecule has 0 fully saturated rings. The highest BCUT2D eigenvalue weighted by Crippen LogP contribution is 2.51. The maximum atomic E-state index is 12.6. The van der Waals surface area contributed by atoms with Crippen LogP contribution in [0.4, 0.5) is 5.69 Å². The minimum atomic E-state index is -1.01. The molecule has 0 bridgehead atoms. The van der Waals surface area contributed by atoms with Gasteiger partial charge in [-0.1, -0.05) is 35.9 Å². The summed E-state index contributed by atoms with van der Waals surface area (Å²) < 4.78 is 10.8. The van der Waals surface area contributed by atoms with Gasteiger partial charge in [0.25, 0.3) is 0 Å². The minimum absolute atomic E-state index is 0.159. The molecule has 2 aromatic carbocycles. The number of aromatic carboxylic acids is 1. The van der Waals surface area contributed by atoms with E-state index in [1.54, 1.807) is 20.3 Å². The van der Waals surface area contributed by atoms with Gasteiger partial charge in [-0.3, -0.25) is 4.79 Å². The largest absolute Gasteiger partial charge is 0.497 e. The van der Waals surface area contributed by atoms with Gasteiger partial charge >= 0.3 is 5.97 Å². The first-order chi connectivity index (χ1) is 14.4. The Morgan fingerprint density at radius 1 is 1.13 bits per heavy atom. The van der Waals surface area contributed by atoms with Crippen molar-refractivity contribution in [3.05, 3.63) is 63.3 Å². The minimum Gasteiger partial charge on any atom is -0.497 e. The number of ether oxygens (including phenoxy) is 2. The van der Waals surface area contributed by atoms with Crippen LogP contribution in [0.2, 0.25) is 0 Å². The van der Waals surface area contributed by atoms with Crippen LogP contribution in [0.5, 0.6) is 11.5 Å². The van der Waals surface area contributed by atoms with Gasteiger partial charge in [0.15, 0.2) is 0 Å². The average Bonchev–Trinajstić information content (AvgIpc) is 3.13. The molecule has 0 aliphatic carbocycles. The van der Waals surface area contributed by atoms with Gasteiger partial charge in [0, 0.05) is 34.4 Å². The standard InChI is InChI=1S/C23H21NO5S/c1-12-4-6-13(7-5-12)19-20-21(30-22(19)23(26)27)16(11-18(25)24-20)15-9-8-14(28-2)10-17(15)29-3/h4-10,16H,11H2,1-3H3,(H,24,25)(H,26,27)/t16-/m1/s1. The van der Waals surface area contributed by atoms with Gasteiger partial charge in [0.1, 0.15) is 16.4 Å². The van der Waals surface area contributed by atoms with E-state index < -0.39 is 5.97 Å². The van der Waals surface area contributed by atoms with Crippen molar-refractivity contribution in [1.29, 1.82) is 0 Å². The number of fused-ring (bicyclic) bond motifs is 1. The molecule has 1 amide bonds. The Morgan fingerprint density at radius 2 is 1.87 bits per heavy atom. The van der Waals surface area contributed by atoms with Crippen LogP contribution in [0.25, 0.3) is 11.1 Å². The third-order valence-corrected chi connectivity index (χ3v) is 6.55. The number of amides is 1. The van der Waals surface area contributed by atoms with Crippen LogP contribution in [0, 0.1) is 6.92 Å². The van der Waals surface area contributed by atoms with Gasteiger partial charge in [0.05, 0.1) is 19.9 Å². The summed E-state index contributed by atoms with van der Waals surface area (Å²) in [7, 11) is 3.14. The lowest BCUT2D eigenvalue weighted by atomic mass is 9.88. The van der Waals surface area contributed by atoms with Crippen molar-refractivity contribution < 1.29 is 24.2 Å². The molecule has 1 aliphatic rings. The fourth-order valence-corrected chi connectivity index (χ4v) is 5.03. The third-order valence-electron chi connectivity index (χ3n) is 5.26. The van der Waals surface area contributed by atoms with E-state index in [0.29, 0.717) is 22.7 Å². The van der Waals surface area contributed by atoms with Crippen LogP contribution in [-0.4, -0.2) is 31.2 Å². The van der Waals surface area contributed by atoms with Gasteiger partial charge in [-0.2, -0.15) is 0 Å². The monoisotopic (exact) mass is 423 g/mol. The maximum Gasteiger partial charge on any atom is 0.346 e. The van der Waals surface area contributed by atoms with E-state index in [0.717, 1.165) is 21.6 Å². The summed E-state index contributed by atoms with van der Waals surface area (Å²) in [4.78, 5) is 25.7. The predicted molar refractivity (Wildman–Crippen MR) is 116 cm³/mol. The van der Waals surface area contributed by atoms with E-state index in [4.69, 9.17) is 9.47 Å². The maximum absolute atomic E-state index is 12.6. The molecule has 0 saturated carbocycles. The van der Waals surface area contributed by atoms with Crippen molar-refractivity contribution in [3.63, 3.8) is 0 Å². The van der Waals surface area contributed by atoms with Gasteiger partial charge < -0.3 is 19.9 Å². The van der Waals surface area contributed by atoms with Gasteiger partial charge in [-0.25, -0.2) is 4.79 Å². The Bertz CT molecular complexity index is 1130. The Kier molecular flexibility index (Phi) is 5.22. The summed E-state index contributed by atoms with van der Waals surface area (Å²) in [5, 5.41) is 12.8. The summed E-state index contributed by atoms with van der Waals surface area (Å²) in [6.45, 7) is 1.97. The quantitative estimate of drug-likeness (QED) is 0.609. The lowest BCUT2D eigenvalue weighted by Crippen LogP contribution is -2.22. The van der Waals surface area contributed by atoms with E-state index >= 15 is 0 Å². The first kappa shape index (κ1) is 20.0. The van der Waals surface area contributed by atoms with Crippen LogP contribution in [0.1, 0.15) is 38.0 Å². The normalized spacial score (nSPS) is 15.3. The summed E-state index contributed by atoms with van der Waals surface area (Å²) in [5.41, 5.74) is 3.78. The highest BCUT2D eigenvalue weighted by atomic mass is 32.1. The number of hydrogen-bond acceptors (Lipinski definition) is 5. The average molecular weight is 423 g/mol. The number of aryl methyl sites for hydroxylation is 1. The molecule has 0 radical (unpaired) electrons. The second-order valence-corrected chi connectivity index (χ2v) is 8.18. The van der Waals surface area contributed by atoms with E-state index in [2.05, 4.69) is 5.32 Å². The molecule has 3 aromatic rings. The molecule has 154 valence electrons. The Hall–Kier alpha value is -3.32. The third kappa shape index (κ3) is 3.41. The molecule has 0 spiro atoms. The molecule has 2 heterocycles. The number of hydrogen-bond donors (Lipinski definition) is 2. The molecule has 1 atom stereocenters. The zero-order chi connectivity index (χ0) is 21.4. The number of carboxylic acids is 1. The van der Waals surface area contributed by atoms with Gasteiger partial charge in [0.2, 0.25) is 5.91 Å². The molecule has 2 N–H and O–H groups in total. The summed E-state index contributed by atoms with van der Waals surface area (Å²) in [5.74, 6) is -0.235. The summed E-state index contributed by atoms with van der Waals surface area (Å²) in [6, 6.07) is 13.1. The molecule has 6 nitrogen and oxygen atoms in total. The van der Waals surface area contributed by atoms with E-state index in [9.17, 15) is 14.7 Å². The van der Waals surface area contributed by atoms with Crippen LogP contribution in [-0.2, 0) is 4.79 Å². The van der Waals surface area contributed by atoms with Crippen molar-refractivity contribution >= 4 is 28.9 Å². The van der Waals surface area contributed by atoms with Crippen molar-refractivity contribution in [2.24, 2.45) is 0 Å².